The van der Waals surface area contributed by atoms with Crippen LogP contribution in [0.4, 0.5) is 5.69 Å². The summed E-state index contributed by atoms with van der Waals surface area (Å²) in [4.78, 5) is 41.7. The lowest BCUT2D eigenvalue weighted by molar-refractivity contribution is -0.140. The molecule has 0 unspecified atom stereocenters. The number of carbonyl (C=O) groups excluding carboxylic acids is 3. The highest BCUT2D eigenvalue weighted by Gasteiger charge is 2.67. The zero-order valence-corrected chi connectivity index (χ0v) is 15.7. The maximum Gasteiger partial charge on any atom is 0.235 e. The third-order valence-electron chi connectivity index (χ3n) is 7.08. The summed E-state index contributed by atoms with van der Waals surface area (Å²) in [5.41, 5.74) is 1.82. The summed E-state index contributed by atoms with van der Waals surface area (Å²) in [6, 6.07) is 7.70. The first-order valence-corrected chi connectivity index (χ1v) is 9.92. The normalized spacial score (nSPS) is 35.3. The summed E-state index contributed by atoms with van der Waals surface area (Å²) in [6.45, 7) is 3.55. The summed E-state index contributed by atoms with van der Waals surface area (Å²) < 4.78 is 0. The molecular weight excluding hydrogens is 340 g/mol. The predicted molar refractivity (Wildman–Crippen MR) is 100 cm³/mol. The van der Waals surface area contributed by atoms with Gasteiger partial charge < -0.3 is 0 Å². The van der Waals surface area contributed by atoms with Crippen molar-refractivity contribution in [2.45, 2.75) is 26.7 Å². The standard InChI is InChI=1S/C22H24N2O3/c1-3-13-6-4-5-7-18(13)23(12(2)25)11-24-21(26)19-14-8-9-15(17-10-16(14)17)20(19)22(24)27/h4-9,14-17,19-20H,3,10-11H2,1-2H3/t14-,15-,16-,17-,19+,20+/m0/s1. The van der Waals surface area contributed by atoms with Gasteiger partial charge in [0.15, 0.2) is 0 Å². The lowest BCUT2D eigenvalue weighted by Crippen LogP contribution is -2.44. The Morgan fingerprint density at radius 3 is 2.22 bits per heavy atom. The molecule has 0 N–H and O–H groups in total. The molecule has 6 rings (SSSR count). The van der Waals surface area contributed by atoms with Crippen molar-refractivity contribution in [1.82, 2.24) is 4.90 Å². The zero-order chi connectivity index (χ0) is 18.9. The highest BCUT2D eigenvalue weighted by atomic mass is 16.2. The third kappa shape index (κ3) is 2.27. The van der Waals surface area contributed by atoms with Crippen LogP contribution in [-0.2, 0) is 20.8 Å². The van der Waals surface area contributed by atoms with E-state index >= 15 is 0 Å². The number of hydrogen-bond donors (Lipinski definition) is 0. The molecule has 27 heavy (non-hydrogen) atoms. The average molecular weight is 364 g/mol. The number of aryl methyl sites for hydroxylation is 1. The molecule has 0 spiro atoms. The van der Waals surface area contributed by atoms with Crippen LogP contribution in [0.1, 0.15) is 25.8 Å². The SMILES string of the molecule is CCc1ccccc1N(CN1C(=O)[C@@H]2[C@H]3C=C[C@@H]([C@@H]4C[C@@H]34)[C@H]2C1=O)C(C)=O. The number of allylic oxidation sites excluding steroid dienone is 2. The number of benzene rings is 1. The van der Waals surface area contributed by atoms with Gasteiger partial charge in [0.25, 0.3) is 0 Å². The van der Waals surface area contributed by atoms with Gasteiger partial charge in [0, 0.05) is 12.6 Å². The van der Waals surface area contributed by atoms with Crippen LogP contribution in [-0.4, -0.2) is 29.3 Å². The molecular formula is C22H24N2O3. The van der Waals surface area contributed by atoms with Gasteiger partial charge in [0.1, 0.15) is 6.67 Å². The van der Waals surface area contributed by atoms with E-state index in [0.717, 1.165) is 24.1 Å². The van der Waals surface area contributed by atoms with Gasteiger partial charge in [0.05, 0.1) is 11.8 Å². The molecule has 6 atom stereocenters. The number of imide groups is 1. The second kappa shape index (κ2) is 5.78. The summed E-state index contributed by atoms with van der Waals surface area (Å²) in [5, 5.41) is 0. The van der Waals surface area contributed by atoms with Gasteiger partial charge in [-0.15, -0.1) is 0 Å². The van der Waals surface area contributed by atoms with Crippen molar-refractivity contribution in [1.29, 1.82) is 0 Å². The molecule has 5 heteroatoms. The Bertz CT molecular complexity index is 840. The van der Waals surface area contributed by atoms with Crippen molar-refractivity contribution in [3.63, 3.8) is 0 Å². The highest BCUT2D eigenvalue weighted by Crippen LogP contribution is 2.65. The number of amides is 3. The monoisotopic (exact) mass is 364 g/mol. The van der Waals surface area contributed by atoms with Gasteiger partial charge in [-0.3, -0.25) is 24.2 Å². The molecule has 1 aromatic rings. The minimum absolute atomic E-state index is 0.0196. The Balaban J connectivity index is 1.46. The van der Waals surface area contributed by atoms with Gasteiger partial charge in [0.2, 0.25) is 17.7 Å². The van der Waals surface area contributed by atoms with Crippen molar-refractivity contribution >= 4 is 23.4 Å². The maximum atomic E-state index is 13.2. The number of para-hydroxylation sites is 1. The van der Waals surface area contributed by atoms with E-state index < -0.39 is 0 Å². The second-order valence-corrected chi connectivity index (χ2v) is 8.33. The molecule has 140 valence electrons. The van der Waals surface area contributed by atoms with Crippen LogP contribution >= 0.6 is 0 Å². The molecule has 3 amide bonds. The van der Waals surface area contributed by atoms with Crippen molar-refractivity contribution in [3.8, 4) is 0 Å². The van der Waals surface area contributed by atoms with E-state index in [-0.39, 0.29) is 48.1 Å². The molecule has 2 saturated carbocycles. The molecule has 0 aromatic heterocycles. The zero-order valence-electron chi connectivity index (χ0n) is 15.7. The Morgan fingerprint density at radius 1 is 1.07 bits per heavy atom. The number of nitrogens with zero attached hydrogens (tertiary/aromatic N) is 2. The van der Waals surface area contributed by atoms with Crippen LogP contribution in [0.5, 0.6) is 0 Å². The number of likely N-dealkylation sites (tertiary alicyclic amines) is 1. The van der Waals surface area contributed by atoms with E-state index in [2.05, 4.69) is 12.2 Å². The summed E-state index contributed by atoms with van der Waals surface area (Å²) in [7, 11) is 0. The first-order valence-electron chi connectivity index (χ1n) is 9.92. The smallest absolute Gasteiger partial charge is 0.235 e. The molecule has 1 aliphatic heterocycles. The largest absolute Gasteiger partial charge is 0.294 e. The van der Waals surface area contributed by atoms with E-state index in [1.807, 2.05) is 31.2 Å². The third-order valence-corrected chi connectivity index (χ3v) is 7.08. The van der Waals surface area contributed by atoms with Gasteiger partial charge in [-0.05, 0) is 48.1 Å². The topological polar surface area (TPSA) is 57.7 Å². The van der Waals surface area contributed by atoms with E-state index in [9.17, 15) is 14.4 Å². The molecule has 1 heterocycles. The Kier molecular flexibility index (Phi) is 3.58. The van der Waals surface area contributed by atoms with Crippen LogP contribution in [0.25, 0.3) is 0 Å². The van der Waals surface area contributed by atoms with E-state index in [1.54, 1.807) is 4.90 Å². The molecule has 4 aliphatic carbocycles. The summed E-state index contributed by atoms with van der Waals surface area (Å²) >= 11 is 0. The quantitative estimate of drug-likeness (QED) is 0.610. The van der Waals surface area contributed by atoms with Crippen molar-refractivity contribution in [2.75, 3.05) is 11.6 Å². The fourth-order valence-corrected chi connectivity index (χ4v) is 5.72. The first kappa shape index (κ1) is 16.7. The number of carbonyl (C=O) groups is 3. The van der Waals surface area contributed by atoms with Crippen LogP contribution in [0.2, 0.25) is 0 Å². The van der Waals surface area contributed by atoms with Crippen molar-refractivity contribution in [2.24, 2.45) is 35.5 Å². The van der Waals surface area contributed by atoms with Gasteiger partial charge in [-0.1, -0.05) is 37.3 Å². The van der Waals surface area contributed by atoms with E-state index in [0.29, 0.717) is 11.8 Å². The van der Waals surface area contributed by atoms with Gasteiger partial charge in [-0.2, -0.15) is 0 Å². The Hall–Kier alpha value is -2.43. The lowest BCUT2D eigenvalue weighted by Gasteiger charge is -2.37. The molecule has 5 aliphatic rings. The molecule has 1 aromatic carbocycles. The van der Waals surface area contributed by atoms with Crippen LogP contribution in [0.15, 0.2) is 36.4 Å². The molecule has 5 nitrogen and oxygen atoms in total. The van der Waals surface area contributed by atoms with Crippen molar-refractivity contribution in [3.05, 3.63) is 42.0 Å². The van der Waals surface area contributed by atoms with Gasteiger partial charge in [-0.25, -0.2) is 0 Å². The summed E-state index contributed by atoms with van der Waals surface area (Å²) in [5.74, 6) is 0.823. The Morgan fingerprint density at radius 2 is 1.67 bits per heavy atom. The fourth-order valence-electron chi connectivity index (χ4n) is 5.72. The van der Waals surface area contributed by atoms with Crippen LogP contribution in [0, 0.1) is 35.5 Å². The van der Waals surface area contributed by atoms with Gasteiger partial charge >= 0.3 is 0 Å². The van der Waals surface area contributed by atoms with Crippen LogP contribution in [0.3, 0.4) is 0 Å². The minimum atomic E-state index is -0.216. The predicted octanol–water partition coefficient (Wildman–Crippen LogP) is 2.61. The molecule has 2 bridgehead atoms. The minimum Gasteiger partial charge on any atom is -0.294 e. The first-order chi connectivity index (χ1) is 13.0. The second-order valence-electron chi connectivity index (χ2n) is 8.33. The number of rotatable bonds is 4. The van der Waals surface area contributed by atoms with Crippen LogP contribution < -0.4 is 4.90 Å². The summed E-state index contributed by atoms with van der Waals surface area (Å²) in [6.07, 6.45) is 6.28. The van der Waals surface area contributed by atoms with Crippen molar-refractivity contribution < 1.29 is 14.4 Å². The molecule has 1 saturated heterocycles. The average Bonchev–Trinajstić information content (AvgIpc) is 3.45. The highest BCUT2D eigenvalue weighted by molar-refractivity contribution is 6.07. The molecule has 0 radical (unpaired) electrons. The van der Waals surface area contributed by atoms with E-state index in [1.165, 1.54) is 11.8 Å². The van der Waals surface area contributed by atoms with E-state index in [4.69, 9.17) is 0 Å². The fraction of sp³-hybridized carbons (Fsp3) is 0.500. The number of hydrogen-bond acceptors (Lipinski definition) is 3. The number of anilines is 1. The maximum absolute atomic E-state index is 13.2. The Labute approximate surface area is 159 Å². The molecule has 3 fully saturated rings. The lowest BCUT2D eigenvalue weighted by atomic mass is 9.63.